The number of carbonyl (C=O) groups is 2. The van der Waals surface area contributed by atoms with Gasteiger partial charge in [0, 0.05) is 12.5 Å². The Balaban J connectivity index is 1.57. The van der Waals surface area contributed by atoms with Gasteiger partial charge in [-0.2, -0.15) is 0 Å². The lowest BCUT2D eigenvalue weighted by Gasteiger charge is -2.47. The summed E-state index contributed by atoms with van der Waals surface area (Å²) in [5.74, 6) is -0.613. The fraction of sp³-hybridized carbons (Fsp3) is 0.391. The molecule has 1 aliphatic heterocycles. The molecule has 4 rings (SSSR count). The molecule has 1 saturated carbocycles. The van der Waals surface area contributed by atoms with Gasteiger partial charge >= 0.3 is 0 Å². The number of carbonyl (C=O) groups excluding carboxylic acids is 2. The lowest BCUT2D eigenvalue weighted by atomic mass is 9.62. The topological polar surface area (TPSA) is 83.6 Å². The molecular formula is C23H26N2O4S. The molecule has 2 atom stereocenters. The van der Waals surface area contributed by atoms with Crippen molar-refractivity contribution in [1.29, 1.82) is 0 Å². The highest BCUT2D eigenvalue weighted by molar-refractivity contribution is 7.89. The van der Waals surface area contributed by atoms with E-state index in [0.717, 1.165) is 5.56 Å². The molecule has 2 amide bonds. The number of sulfonamides is 1. The van der Waals surface area contributed by atoms with Gasteiger partial charge in [-0.1, -0.05) is 51.1 Å². The van der Waals surface area contributed by atoms with Gasteiger partial charge in [-0.15, -0.1) is 0 Å². The van der Waals surface area contributed by atoms with Crippen LogP contribution in [-0.2, 0) is 26.2 Å². The number of nitrogens with zero attached hydrogens (tertiary/aromatic N) is 1. The van der Waals surface area contributed by atoms with Crippen molar-refractivity contribution in [1.82, 2.24) is 4.72 Å². The molecule has 1 heterocycles. The van der Waals surface area contributed by atoms with Crippen molar-refractivity contribution in [2.24, 2.45) is 16.7 Å². The average Bonchev–Trinajstić information content (AvgIpc) is 2.91. The maximum absolute atomic E-state index is 13.2. The van der Waals surface area contributed by atoms with E-state index in [0.29, 0.717) is 18.5 Å². The molecule has 7 heteroatoms. The van der Waals surface area contributed by atoms with Crippen LogP contribution in [0.15, 0.2) is 59.5 Å². The molecular weight excluding hydrogens is 400 g/mol. The lowest BCUT2D eigenvalue weighted by molar-refractivity contribution is -0.146. The minimum Gasteiger partial charge on any atom is -0.274 e. The van der Waals surface area contributed by atoms with Crippen LogP contribution in [0.2, 0.25) is 0 Å². The molecule has 0 aromatic heterocycles. The van der Waals surface area contributed by atoms with Crippen molar-refractivity contribution < 1.29 is 18.0 Å². The maximum atomic E-state index is 13.2. The molecule has 6 nitrogen and oxygen atoms in total. The molecule has 1 aliphatic carbocycles. The van der Waals surface area contributed by atoms with Crippen molar-refractivity contribution >= 4 is 27.5 Å². The van der Waals surface area contributed by atoms with Crippen LogP contribution >= 0.6 is 0 Å². The molecule has 2 aromatic rings. The van der Waals surface area contributed by atoms with Crippen LogP contribution in [0.4, 0.5) is 5.69 Å². The van der Waals surface area contributed by atoms with Gasteiger partial charge in [0.25, 0.3) is 0 Å². The zero-order valence-corrected chi connectivity index (χ0v) is 18.2. The maximum Gasteiger partial charge on any atom is 0.240 e. The van der Waals surface area contributed by atoms with Crippen LogP contribution in [-0.4, -0.2) is 20.2 Å². The molecule has 0 radical (unpaired) electrons. The number of rotatable bonds is 5. The number of nitrogens with one attached hydrogen (secondary N) is 1. The summed E-state index contributed by atoms with van der Waals surface area (Å²) in [7, 11) is -3.71. The Morgan fingerprint density at radius 2 is 1.63 bits per heavy atom. The normalized spacial score (nSPS) is 25.6. The molecule has 2 fully saturated rings. The number of amides is 2. The van der Waals surface area contributed by atoms with Gasteiger partial charge in [0.15, 0.2) is 0 Å². The summed E-state index contributed by atoms with van der Waals surface area (Å²) in [5, 5.41) is 0. The molecule has 158 valence electrons. The highest BCUT2D eigenvalue weighted by atomic mass is 32.2. The van der Waals surface area contributed by atoms with E-state index >= 15 is 0 Å². The minimum atomic E-state index is -3.71. The van der Waals surface area contributed by atoms with Gasteiger partial charge in [-0.25, -0.2) is 18.0 Å². The zero-order valence-electron chi connectivity index (χ0n) is 17.4. The Labute approximate surface area is 177 Å². The fourth-order valence-electron chi connectivity index (χ4n) is 4.69. The number of anilines is 1. The molecule has 2 aliphatic rings. The largest absolute Gasteiger partial charge is 0.274 e. The van der Waals surface area contributed by atoms with Gasteiger partial charge in [-0.05, 0) is 48.1 Å². The summed E-state index contributed by atoms with van der Waals surface area (Å²) in [6.07, 6.45) is 1.38. The third-order valence-corrected chi connectivity index (χ3v) is 8.55. The van der Waals surface area contributed by atoms with E-state index in [1.165, 1.54) is 29.2 Å². The first-order valence-electron chi connectivity index (χ1n) is 10.1. The van der Waals surface area contributed by atoms with E-state index in [-0.39, 0.29) is 34.6 Å². The number of benzene rings is 2. The Bertz CT molecular complexity index is 1090. The van der Waals surface area contributed by atoms with E-state index in [4.69, 9.17) is 0 Å². The number of piperidine rings is 1. The number of hydrogen-bond donors (Lipinski definition) is 1. The zero-order chi connectivity index (χ0) is 21.7. The average molecular weight is 427 g/mol. The van der Waals surface area contributed by atoms with E-state index in [9.17, 15) is 18.0 Å². The second-order valence-corrected chi connectivity index (χ2v) is 10.7. The predicted octanol–water partition coefficient (Wildman–Crippen LogP) is 3.48. The first-order valence-corrected chi connectivity index (χ1v) is 11.6. The molecule has 2 aromatic carbocycles. The van der Waals surface area contributed by atoms with E-state index in [1.54, 1.807) is 0 Å². The quantitative estimate of drug-likeness (QED) is 0.742. The molecule has 1 saturated heterocycles. The Morgan fingerprint density at radius 1 is 1.00 bits per heavy atom. The monoisotopic (exact) mass is 426 g/mol. The van der Waals surface area contributed by atoms with Crippen molar-refractivity contribution in [3.05, 3.63) is 60.2 Å². The summed E-state index contributed by atoms with van der Waals surface area (Å²) in [4.78, 5) is 27.7. The van der Waals surface area contributed by atoms with Crippen molar-refractivity contribution in [3.63, 3.8) is 0 Å². The summed E-state index contributed by atoms with van der Waals surface area (Å²) >= 11 is 0. The molecule has 2 bridgehead atoms. The standard InChI is InChI=1S/C23H26N2O4S/c1-22(2)19-13-14-23(22,3)21(27)25(20(19)26)17-9-11-18(12-10-17)30(28,29)24-15-16-7-5-4-6-8-16/h4-12,19,24H,13-15H2,1-3H3/t19-,23+/m0/s1. The third kappa shape index (κ3) is 3.08. The minimum absolute atomic E-state index is 0.0913. The van der Waals surface area contributed by atoms with Crippen molar-refractivity contribution in [3.8, 4) is 0 Å². The number of fused-ring (bicyclic) bond motifs is 2. The second kappa shape index (κ2) is 7.03. The first kappa shape index (κ1) is 20.8. The van der Waals surface area contributed by atoms with Gasteiger partial charge in [0.1, 0.15) is 0 Å². The molecule has 0 unspecified atom stereocenters. The summed E-state index contributed by atoms with van der Waals surface area (Å²) in [6, 6.07) is 15.2. The van der Waals surface area contributed by atoms with Gasteiger partial charge in [-0.3, -0.25) is 9.59 Å². The smallest absolute Gasteiger partial charge is 0.240 e. The fourth-order valence-corrected chi connectivity index (χ4v) is 5.71. The lowest BCUT2D eigenvalue weighted by Crippen LogP contribution is -2.59. The molecule has 0 spiro atoms. The summed E-state index contributed by atoms with van der Waals surface area (Å²) < 4.78 is 27.8. The van der Waals surface area contributed by atoms with Gasteiger partial charge < -0.3 is 0 Å². The summed E-state index contributed by atoms with van der Waals surface area (Å²) in [5.41, 5.74) is 0.282. The Morgan fingerprint density at radius 3 is 2.27 bits per heavy atom. The van der Waals surface area contributed by atoms with Gasteiger partial charge in [0.05, 0.1) is 16.0 Å². The molecule has 30 heavy (non-hydrogen) atoms. The number of imide groups is 1. The Kier molecular flexibility index (Phi) is 4.86. The second-order valence-electron chi connectivity index (χ2n) is 8.93. The highest BCUT2D eigenvalue weighted by Gasteiger charge is 2.64. The van der Waals surface area contributed by atoms with E-state index < -0.39 is 15.4 Å². The van der Waals surface area contributed by atoms with Crippen LogP contribution in [0.5, 0.6) is 0 Å². The van der Waals surface area contributed by atoms with Crippen LogP contribution < -0.4 is 9.62 Å². The number of hydrogen-bond acceptors (Lipinski definition) is 4. The molecule has 1 N–H and O–H groups in total. The third-order valence-electron chi connectivity index (χ3n) is 7.13. The van der Waals surface area contributed by atoms with Crippen LogP contribution in [0.3, 0.4) is 0 Å². The van der Waals surface area contributed by atoms with Crippen molar-refractivity contribution in [2.45, 2.75) is 45.1 Å². The highest BCUT2D eigenvalue weighted by Crippen LogP contribution is 2.60. The van der Waals surface area contributed by atoms with Gasteiger partial charge in [0.2, 0.25) is 21.8 Å². The van der Waals surface area contributed by atoms with Crippen molar-refractivity contribution in [2.75, 3.05) is 4.90 Å². The predicted molar refractivity (Wildman–Crippen MR) is 114 cm³/mol. The first-order chi connectivity index (χ1) is 14.1. The summed E-state index contributed by atoms with van der Waals surface area (Å²) in [6.45, 7) is 6.10. The van der Waals surface area contributed by atoms with Crippen LogP contribution in [0.25, 0.3) is 0 Å². The van der Waals surface area contributed by atoms with Crippen LogP contribution in [0.1, 0.15) is 39.2 Å². The SMILES string of the molecule is CC1(C)[C@H]2CC[C@]1(C)C(=O)N(c1ccc(S(=O)(=O)NCc3ccccc3)cc1)C2=O. The van der Waals surface area contributed by atoms with E-state index in [1.807, 2.05) is 51.1 Å². The van der Waals surface area contributed by atoms with Crippen LogP contribution in [0, 0.1) is 16.7 Å². The Hall–Kier alpha value is -2.51. The van der Waals surface area contributed by atoms with E-state index in [2.05, 4.69) is 4.72 Å².